The molecule has 6 nitrogen and oxygen atoms in total. The molecule has 0 aromatic heterocycles. The summed E-state index contributed by atoms with van der Waals surface area (Å²) in [6, 6.07) is 0. The van der Waals surface area contributed by atoms with Crippen molar-refractivity contribution in [1.82, 2.24) is 0 Å². The van der Waals surface area contributed by atoms with E-state index in [2.05, 4.69) is 93.7 Å². The standard InChI is InChI=1S/C54H88O6/c1-4-7-10-13-16-19-22-24-26-27-29-30-32-35-38-41-44-47-53(56)59-50-51(49-58-52(55)46-43-40-37-34-21-18-15-12-9-6-3)60-54(57)48-45-42-39-36-33-31-28-25-23-20-17-14-11-8-5-2/h8,11,14-15,17-18,20,23-26,28-30,35,38,51H,4-7,9-10,12-13,16,19,21-22,27,31-34,36-37,39-50H2,1-3H3/b11-8-,17-14-,18-15-,23-20-,26-24-,28-25-,30-29-,38-35-. The van der Waals surface area contributed by atoms with Gasteiger partial charge in [0.25, 0.3) is 0 Å². The van der Waals surface area contributed by atoms with E-state index in [9.17, 15) is 14.4 Å². The van der Waals surface area contributed by atoms with Crippen molar-refractivity contribution in [3.05, 3.63) is 97.2 Å². The maximum atomic E-state index is 12.7. The zero-order valence-electron chi connectivity index (χ0n) is 38.7. The van der Waals surface area contributed by atoms with Crippen molar-refractivity contribution in [1.29, 1.82) is 0 Å². The van der Waals surface area contributed by atoms with E-state index in [1.165, 1.54) is 57.8 Å². The molecule has 0 saturated carbocycles. The Balaban J connectivity index is 4.51. The number of hydrogen-bond acceptors (Lipinski definition) is 6. The van der Waals surface area contributed by atoms with Crippen molar-refractivity contribution in [2.24, 2.45) is 0 Å². The number of allylic oxidation sites excluding steroid dienone is 16. The molecule has 0 heterocycles. The third kappa shape index (κ3) is 45.4. The number of ether oxygens (including phenoxy) is 3. The van der Waals surface area contributed by atoms with Crippen molar-refractivity contribution < 1.29 is 28.6 Å². The summed E-state index contributed by atoms with van der Waals surface area (Å²) in [5, 5.41) is 0. The van der Waals surface area contributed by atoms with E-state index in [-0.39, 0.29) is 44.0 Å². The average Bonchev–Trinajstić information content (AvgIpc) is 3.24. The van der Waals surface area contributed by atoms with Gasteiger partial charge in [0.2, 0.25) is 0 Å². The van der Waals surface area contributed by atoms with E-state index in [0.717, 1.165) is 103 Å². The van der Waals surface area contributed by atoms with Crippen LogP contribution >= 0.6 is 0 Å². The second kappa shape index (κ2) is 48.0. The maximum absolute atomic E-state index is 12.7. The molecule has 0 aromatic carbocycles. The molecule has 0 aromatic rings. The molecule has 0 aliphatic rings. The topological polar surface area (TPSA) is 78.9 Å². The van der Waals surface area contributed by atoms with Crippen molar-refractivity contribution in [2.75, 3.05) is 13.2 Å². The minimum absolute atomic E-state index is 0.111. The summed E-state index contributed by atoms with van der Waals surface area (Å²) in [6.07, 6.45) is 62.5. The van der Waals surface area contributed by atoms with E-state index in [4.69, 9.17) is 14.2 Å². The molecule has 60 heavy (non-hydrogen) atoms. The lowest BCUT2D eigenvalue weighted by atomic mass is 10.1. The molecule has 0 spiro atoms. The van der Waals surface area contributed by atoms with Crippen molar-refractivity contribution in [3.8, 4) is 0 Å². The lowest BCUT2D eigenvalue weighted by molar-refractivity contribution is -0.167. The summed E-state index contributed by atoms with van der Waals surface area (Å²) in [6.45, 7) is 6.35. The SMILES string of the molecule is CC\C=C/C=C\C=C/C=C\CCCCCCCC(=O)OC(COC(=O)CCC/C=C\C/C=C\C/C=C\CCCCCCCC)COC(=O)CCCCCC/C=C\CCCC. The second-order valence-electron chi connectivity index (χ2n) is 15.7. The van der Waals surface area contributed by atoms with Gasteiger partial charge in [-0.2, -0.15) is 0 Å². The quantitative estimate of drug-likeness (QED) is 0.0200. The van der Waals surface area contributed by atoms with Crippen LogP contribution in [0.4, 0.5) is 0 Å². The molecule has 340 valence electrons. The summed E-state index contributed by atoms with van der Waals surface area (Å²) in [5.41, 5.74) is 0. The van der Waals surface area contributed by atoms with Crippen LogP contribution in [0.5, 0.6) is 0 Å². The largest absolute Gasteiger partial charge is 0.462 e. The van der Waals surface area contributed by atoms with Crippen molar-refractivity contribution >= 4 is 17.9 Å². The van der Waals surface area contributed by atoms with Gasteiger partial charge < -0.3 is 14.2 Å². The van der Waals surface area contributed by atoms with Crippen LogP contribution in [0.2, 0.25) is 0 Å². The number of esters is 3. The Labute approximate surface area is 368 Å². The molecule has 0 amide bonds. The minimum atomic E-state index is -0.814. The first kappa shape index (κ1) is 56.3. The highest BCUT2D eigenvalue weighted by molar-refractivity contribution is 5.71. The molecule has 0 radical (unpaired) electrons. The van der Waals surface area contributed by atoms with Gasteiger partial charge in [-0.15, -0.1) is 0 Å². The van der Waals surface area contributed by atoms with Gasteiger partial charge in [0.05, 0.1) is 0 Å². The summed E-state index contributed by atoms with van der Waals surface area (Å²) in [7, 11) is 0. The second-order valence-corrected chi connectivity index (χ2v) is 15.7. The van der Waals surface area contributed by atoms with Gasteiger partial charge in [-0.25, -0.2) is 0 Å². The van der Waals surface area contributed by atoms with Crippen molar-refractivity contribution in [3.63, 3.8) is 0 Å². The van der Waals surface area contributed by atoms with E-state index in [1.807, 2.05) is 24.3 Å². The molecule has 0 N–H and O–H groups in total. The van der Waals surface area contributed by atoms with Crippen molar-refractivity contribution in [2.45, 2.75) is 213 Å². The predicted octanol–water partition coefficient (Wildman–Crippen LogP) is 15.8. The van der Waals surface area contributed by atoms with Crippen LogP contribution < -0.4 is 0 Å². The van der Waals surface area contributed by atoms with Crippen LogP contribution in [0.1, 0.15) is 207 Å². The lowest BCUT2D eigenvalue weighted by Crippen LogP contribution is -2.30. The molecule has 0 aliphatic heterocycles. The maximum Gasteiger partial charge on any atom is 0.306 e. The molecule has 0 aliphatic carbocycles. The monoisotopic (exact) mass is 833 g/mol. The average molecular weight is 833 g/mol. The third-order valence-electron chi connectivity index (χ3n) is 9.89. The van der Waals surface area contributed by atoms with E-state index < -0.39 is 6.10 Å². The highest BCUT2D eigenvalue weighted by Gasteiger charge is 2.19. The fourth-order valence-electron chi connectivity index (χ4n) is 6.21. The van der Waals surface area contributed by atoms with Crippen LogP contribution in [-0.2, 0) is 28.6 Å². The Morgan fingerprint density at radius 2 is 0.750 bits per heavy atom. The molecule has 0 saturated heterocycles. The molecule has 0 bridgehead atoms. The Morgan fingerprint density at radius 1 is 0.367 bits per heavy atom. The molecule has 1 unspecified atom stereocenters. The first-order valence-corrected chi connectivity index (χ1v) is 24.3. The fourth-order valence-corrected chi connectivity index (χ4v) is 6.21. The van der Waals surface area contributed by atoms with Crippen LogP contribution in [0.3, 0.4) is 0 Å². The highest BCUT2D eigenvalue weighted by Crippen LogP contribution is 2.12. The summed E-state index contributed by atoms with van der Waals surface area (Å²) in [5.74, 6) is -1.01. The van der Waals surface area contributed by atoms with Crippen LogP contribution in [0, 0.1) is 0 Å². The predicted molar refractivity (Wildman–Crippen MR) is 256 cm³/mol. The van der Waals surface area contributed by atoms with E-state index >= 15 is 0 Å². The zero-order valence-corrected chi connectivity index (χ0v) is 38.7. The van der Waals surface area contributed by atoms with Gasteiger partial charge in [-0.05, 0) is 89.9 Å². The lowest BCUT2D eigenvalue weighted by Gasteiger charge is -2.18. The summed E-state index contributed by atoms with van der Waals surface area (Å²) < 4.78 is 16.7. The first-order valence-electron chi connectivity index (χ1n) is 24.3. The molecule has 6 heteroatoms. The number of carbonyl (C=O) groups is 3. The Morgan fingerprint density at radius 3 is 1.30 bits per heavy atom. The van der Waals surface area contributed by atoms with Gasteiger partial charge in [0.15, 0.2) is 6.10 Å². The Bertz CT molecular complexity index is 1230. The van der Waals surface area contributed by atoms with Gasteiger partial charge in [0.1, 0.15) is 13.2 Å². The van der Waals surface area contributed by atoms with E-state index in [1.54, 1.807) is 0 Å². The number of unbranched alkanes of at least 4 members (excludes halogenated alkanes) is 18. The summed E-state index contributed by atoms with van der Waals surface area (Å²) >= 11 is 0. The minimum Gasteiger partial charge on any atom is -0.462 e. The normalized spacial score (nSPS) is 12.9. The van der Waals surface area contributed by atoms with Gasteiger partial charge in [-0.3, -0.25) is 14.4 Å². The van der Waals surface area contributed by atoms with Gasteiger partial charge in [0, 0.05) is 19.3 Å². The van der Waals surface area contributed by atoms with E-state index in [0.29, 0.717) is 12.8 Å². The van der Waals surface area contributed by atoms with Gasteiger partial charge in [-0.1, -0.05) is 195 Å². The van der Waals surface area contributed by atoms with Crippen LogP contribution in [-0.4, -0.2) is 37.2 Å². The number of rotatable bonds is 42. The molecule has 1 atom stereocenters. The molecular weight excluding hydrogens is 745 g/mol. The zero-order chi connectivity index (χ0) is 43.7. The fraction of sp³-hybridized carbons (Fsp3) is 0.648. The molecule has 0 rings (SSSR count). The third-order valence-corrected chi connectivity index (χ3v) is 9.89. The molecular formula is C54H88O6. The number of carbonyl (C=O) groups excluding carboxylic acids is 3. The Hall–Kier alpha value is -3.67. The number of hydrogen-bond donors (Lipinski definition) is 0. The van der Waals surface area contributed by atoms with Crippen LogP contribution in [0.25, 0.3) is 0 Å². The Kier molecular flexibility index (Phi) is 45.1. The summed E-state index contributed by atoms with van der Waals surface area (Å²) in [4.78, 5) is 37.8. The smallest absolute Gasteiger partial charge is 0.306 e. The highest BCUT2D eigenvalue weighted by atomic mass is 16.6. The van der Waals surface area contributed by atoms with Crippen LogP contribution in [0.15, 0.2) is 97.2 Å². The first-order chi connectivity index (χ1) is 29.5. The molecule has 0 fully saturated rings. The van der Waals surface area contributed by atoms with Gasteiger partial charge >= 0.3 is 17.9 Å².